The largest absolute Gasteiger partial charge is 0.491 e. The summed E-state index contributed by atoms with van der Waals surface area (Å²) in [4.78, 5) is 44.5. The van der Waals surface area contributed by atoms with Crippen molar-refractivity contribution in [1.82, 2.24) is 9.97 Å². The van der Waals surface area contributed by atoms with Gasteiger partial charge in [0.25, 0.3) is 0 Å². The van der Waals surface area contributed by atoms with Crippen molar-refractivity contribution in [1.29, 1.82) is 0 Å². The van der Waals surface area contributed by atoms with Crippen molar-refractivity contribution in [3.8, 4) is 5.75 Å². The molecule has 2 aromatic heterocycles. The van der Waals surface area contributed by atoms with Crippen LogP contribution in [0.4, 0.5) is 10.8 Å². The van der Waals surface area contributed by atoms with Gasteiger partial charge in [-0.25, -0.2) is 9.97 Å². The van der Waals surface area contributed by atoms with Gasteiger partial charge >= 0.3 is 17.8 Å². The first kappa shape index (κ1) is 24.2. The Hall–Kier alpha value is -3.44. The molecule has 0 atom stereocenters. The Balaban J connectivity index is 1.70. The third-order valence-corrected chi connectivity index (χ3v) is 6.13. The molecule has 0 unspecified atom stereocenters. The number of carbonyl (C=O) groups is 3. The van der Waals surface area contributed by atoms with Crippen LogP contribution in [0.15, 0.2) is 57.9 Å². The monoisotopic (exact) mass is 486 g/mol. The number of nitrogens with one attached hydrogen (secondary N) is 2. The number of aromatic nitrogens is 2. The van der Waals surface area contributed by atoms with Crippen LogP contribution in [0.3, 0.4) is 0 Å². The summed E-state index contributed by atoms with van der Waals surface area (Å²) in [6.07, 6.45) is 1.30. The minimum atomic E-state index is -1.06. The molecule has 0 aliphatic heterocycles. The molecule has 0 saturated carbocycles. The maximum Gasteiger partial charge on any atom is 0.315 e. The second-order valence-electron chi connectivity index (χ2n) is 7.20. The fourth-order valence-electron chi connectivity index (χ4n) is 2.51. The van der Waals surface area contributed by atoms with Crippen LogP contribution >= 0.6 is 23.1 Å². The van der Waals surface area contributed by atoms with Gasteiger partial charge in [-0.3, -0.25) is 19.7 Å². The number of hydrogen-bond donors (Lipinski definition) is 3. The van der Waals surface area contributed by atoms with Crippen LogP contribution in [0.25, 0.3) is 0 Å². The van der Waals surface area contributed by atoms with Crippen molar-refractivity contribution in [2.45, 2.75) is 29.5 Å². The molecule has 2 amide bonds. The van der Waals surface area contributed by atoms with E-state index in [0.29, 0.717) is 33.2 Å². The zero-order chi connectivity index (χ0) is 23.8. The molecule has 0 bridgehead atoms. The highest BCUT2D eigenvalue weighted by molar-refractivity contribution is 8.01. The predicted molar refractivity (Wildman–Crippen MR) is 126 cm³/mol. The van der Waals surface area contributed by atoms with Gasteiger partial charge in [-0.1, -0.05) is 55.1 Å². The van der Waals surface area contributed by atoms with Crippen molar-refractivity contribution >= 4 is 51.7 Å². The first-order valence-corrected chi connectivity index (χ1v) is 11.6. The molecule has 0 spiro atoms. The third-order valence-electron chi connectivity index (χ3n) is 3.95. The van der Waals surface area contributed by atoms with E-state index in [1.165, 1.54) is 11.8 Å². The maximum atomic E-state index is 12.5. The Morgan fingerprint density at radius 3 is 2.52 bits per heavy atom. The number of aliphatic carboxylic acids is 1. The third kappa shape index (κ3) is 7.29. The van der Waals surface area contributed by atoms with Gasteiger partial charge in [0.15, 0.2) is 5.13 Å². The Morgan fingerprint density at radius 1 is 1.09 bits per heavy atom. The predicted octanol–water partition coefficient (Wildman–Crippen LogP) is 3.93. The highest BCUT2D eigenvalue weighted by Crippen LogP contribution is 2.36. The van der Waals surface area contributed by atoms with Crippen LogP contribution in [0, 0.1) is 5.92 Å². The molecule has 0 aliphatic carbocycles. The second kappa shape index (κ2) is 11.4. The molecule has 172 valence electrons. The molecule has 11 heteroatoms. The summed E-state index contributed by atoms with van der Waals surface area (Å²) in [5.41, 5.74) is 0.654. The summed E-state index contributed by atoms with van der Waals surface area (Å²) in [6.45, 7) is 4.46. The smallest absolute Gasteiger partial charge is 0.315 e. The molecule has 0 radical (unpaired) electrons. The van der Waals surface area contributed by atoms with Gasteiger partial charge in [0.2, 0.25) is 0 Å². The summed E-state index contributed by atoms with van der Waals surface area (Å²) < 4.78 is 6.26. The van der Waals surface area contributed by atoms with E-state index in [-0.39, 0.29) is 17.2 Å². The highest BCUT2D eigenvalue weighted by Gasteiger charge is 2.21. The lowest BCUT2D eigenvalue weighted by Gasteiger charge is -2.13. The van der Waals surface area contributed by atoms with E-state index >= 15 is 0 Å². The standard InChI is InChI=1S/C22H22N4O5S2/c1-13(2)12-31-16-8-4-3-7-14(16)24-19(29)20(30)26-22-25-15(11-18(27)28)21(33-22)32-17-9-5-6-10-23-17/h3-10,13H,11-12H2,1-2H3,(H,24,29)(H,27,28)(H,25,26,30). The van der Waals surface area contributed by atoms with E-state index in [2.05, 4.69) is 20.6 Å². The number of para-hydroxylation sites is 2. The van der Waals surface area contributed by atoms with E-state index in [1.807, 2.05) is 19.9 Å². The van der Waals surface area contributed by atoms with Crippen molar-refractivity contribution < 1.29 is 24.2 Å². The summed E-state index contributed by atoms with van der Waals surface area (Å²) in [7, 11) is 0. The molecule has 2 heterocycles. The van der Waals surface area contributed by atoms with E-state index in [4.69, 9.17) is 4.74 Å². The molecule has 1 aromatic carbocycles. The Morgan fingerprint density at radius 2 is 1.82 bits per heavy atom. The number of hydrogen-bond acceptors (Lipinski definition) is 8. The molecule has 33 heavy (non-hydrogen) atoms. The highest BCUT2D eigenvalue weighted by atomic mass is 32.2. The number of rotatable bonds is 9. The lowest BCUT2D eigenvalue weighted by molar-refractivity contribution is -0.136. The van der Waals surface area contributed by atoms with E-state index in [9.17, 15) is 19.5 Å². The van der Waals surface area contributed by atoms with Crippen molar-refractivity contribution in [3.63, 3.8) is 0 Å². The Labute approximate surface area is 198 Å². The fraction of sp³-hybridized carbons (Fsp3) is 0.227. The lowest BCUT2D eigenvalue weighted by Crippen LogP contribution is -2.29. The maximum absolute atomic E-state index is 12.5. The van der Waals surface area contributed by atoms with E-state index in [1.54, 1.807) is 42.6 Å². The zero-order valence-electron chi connectivity index (χ0n) is 17.9. The van der Waals surface area contributed by atoms with Gasteiger partial charge in [0.05, 0.1) is 28.6 Å². The van der Waals surface area contributed by atoms with Crippen LogP contribution < -0.4 is 15.4 Å². The number of thiazole rings is 1. The van der Waals surface area contributed by atoms with Gasteiger partial charge in [-0.05, 0) is 30.2 Å². The molecular formula is C22H22N4O5S2. The molecule has 3 aromatic rings. The van der Waals surface area contributed by atoms with Crippen LogP contribution in [0.5, 0.6) is 5.75 Å². The van der Waals surface area contributed by atoms with Crippen LogP contribution in [-0.4, -0.2) is 39.5 Å². The van der Waals surface area contributed by atoms with Crippen molar-refractivity contribution in [3.05, 3.63) is 54.4 Å². The molecular weight excluding hydrogens is 464 g/mol. The summed E-state index contributed by atoms with van der Waals surface area (Å²) in [6, 6.07) is 12.2. The molecule has 0 saturated heterocycles. The molecule has 0 fully saturated rings. The van der Waals surface area contributed by atoms with Gasteiger partial charge in [-0.15, -0.1) is 0 Å². The number of amides is 2. The number of ether oxygens (including phenoxy) is 1. The number of nitrogens with zero attached hydrogens (tertiary/aromatic N) is 2. The van der Waals surface area contributed by atoms with Crippen LogP contribution in [-0.2, 0) is 20.8 Å². The second-order valence-corrected chi connectivity index (χ2v) is 9.49. The molecule has 0 aliphatic rings. The average Bonchev–Trinajstić information content (AvgIpc) is 3.13. The van der Waals surface area contributed by atoms with E-state index in [0.717, 1.165) is 11.3 Å². The Bertz CT molecular complexity index is 1130. The normalized spacial score (nSPS) is 10.6. The quantitative estimate of drug-likeness (QED) is 0.388. The lowest BCUT2D eigenvalue weighted by atomic mass is 10.2. The first-order valence-electron chi connectivity index (χ1n) is 9.96. The summed E-state index contributed by atoms with van der Waals surface area (Å²) in [5.74, 6) is -2.14. The molecule has 3 N–H and O–H groups in total. The molecule has 3 rings (SSSR count). The minimum absolute atomic E-state index is 0.120. The summed E-state index contributed by atoms with van der Waals surface area (Å²) >= 11 is 2.31. The van der Waals surface area contributed by atoms with Gasteiger partial charge < -0.3 is 15.2 Å². The average molecular weight is 487 g/mol. The molecule has 9 nitrogen and oxygen atoms in total. The van der Waals surface area contributed by atoms with Gasteiger partial charge in [0.1, 0.15) is 10.8 Å². The number of anilines is 2. The SMILES string of the molecule is CC(C)COc1ccccc1NC(=O)C(=O)Nc1nc(CC(=O)O)c(Sc2ccccn2)s1. The zero-order valence-corrected chi connectivity index (χ0v) is 19.5. The van der Waals surface area contributed by atoms with Gasteiger partial charge in [-0.2, -0.15) is 0 Å². The number of carboxylic acid groups (broad SMARTS) is 1. The minimum Gasteiger partial charge on any atom is -0.491 e. The fourth-order valence-corrected chi connectivity index (χ4v) is 4.57. The van der Waals surface area contributed by atoms with Crippen LogP contribution in [0.1, 0.15) is 19.5 Å². The Kier molecular flexibility index (Phi) is 8.39. The number of carboxylic acids is 1. The number of benzene rings is 1. The van der Waals surface area contributed by atoms with Crippen LogP contribution in [0.2, 0.25) is 0 Å². The topological polar surface area (TPSA) is 131 Å². The van der Waals surface area contributed by atoms with E-state index < -0.39 is 17.8 Å². The number of pyridine rings is 1. The van der Waals surface area contributed by atoms with Crippen molar-refractivity contribution in [2.24, 2.45) is 5.92 Å². The summed E-state index contributed by atoms with van der Waals surface area (Å²) in [5, 5.41) is 14.9. The van der Waals surface area contributed by atoms with Crippen molar-refractivity contribution in [2.75, 3.05) is 17.2 Å². The first-order chi connectivity index (χ1) is 15.8. The number of carbonyl (C=O) groups excluding carboxylic acids is 2. The van der Waals surface area contributed by atoms with Gasteiger partial charge in [0, 0.05) is 6.20 Å².